The van der Waals surface area contributed by atoms with Crippen LogP contribution in [-0.4, -0.2) is 89.3 Å². The highest BCUT2D eigenvalue weighted by molar-refractivity contribution is 6.30. The van der Waals surface area contributed by atoms with Gasteiger partial charge in [0.15, 0.2) is 0 Å². The maximum Gasteiger partial charge on any atom is 0.257 e. The van der Waals surface area contributed by atoms with Crippen molar-refractivity contribution < 1.29 is 15.0 Å². The second kappa shape index (κ2) is 6.65. The standard InChI is InChI=1S/C16H22ClN3O3/c1-18-4-6-19(7-5-18)13-9-20(10-15(13)22)16(23)12-3-2-11(17)8-14(12)21/h2-3,8,13,15,21-22H,4-7,9-10H2,1H3/t13-,15-/m1/s1. The van der Waals surface area contributed by atoms with E-state index in [1.807, 2.05) is 0 Å². The Balaban J connectivity index is 1.69. The molecule has 1 aromatic rings. The van der Waals surface area contributed by atoms with Crippen molar-refractivity contribution in [2.24, 2.45) is 0 Å². The number of hydrogen-bond acceptors (Lipinski definition) is 5. The van der Waals surface area contributed by atoms with Gasteiger partial charge in [-0.15, -0.1) is 0 Å². The Labute approximate surface area is 140 Å². The van der Waals surface area contributed by atoms with Crippen LogP contribution >= 0.6 is 11.6 Å². The van der Waals surface area contributed by atoms with Gasteiger partial charge in [-0.2, -0.15) is 0 Å². The van der Waals surface area contributed by atoms with Crippen LogP contribution in [0, 0.1) is 0 Å². The van der Waals surface area contributed by atoms with E-state index in [0.717, 1.165) is 26.2 Å². The Kier molecular flexibility index (Phi) is 4.77. The van der Waals surface area contributed by atoms with Gasteiger partial charge in [-0.3, -0.25) is 9.69 Å². The van der Waals surface area contributed by atoms with E-state index >= 15 is 0 Å². The topological polar surface area (TPSA) is 67.2 Å². The molecule has 2 saturated heterocycles. The third-order valence-corrected chi connectivity index (χ3v) is 4.98. The zero-order chi connectivity index (χ0) is 16.6. The number of hydrogen-bond donors (Lipinski definition) is 2. The molecule has 2 fully saturated rings. The van der Waals surface area contributed by atoms with Crippen LogP contribution in [0.4, 0.5) is 0 Å². The van der Waals surface area contributed by atoms with Crippen molar-refractivity contribution in [1.82, 2.24) is 14.7 Å². The van der Waals surface area contributed by atoms with Gasteiger partial charge in [0.2, 0.25) is 0 Å². The molecule has 0 aromatic heterocycles. The number of carbonyl (C=O) groups excluding carboxylic acids is 1. The molecule has 7 heteroatoms. The maximum absolute atomic E-state index is 12.6. The summed E-state index contributed by atoms with van der Waals surface area (Å²) >= 11 is 5.81. The van der Waals surface area contributed by atoms with Gasteiger partial charge in [-0.1, -0.05) is 11.6 Å². The minimum absolute atomic E-state index is 0.0397. The van der Waals surface area contributed by atoms with Crippen LogP contribution in [0.5, 0.6) is 5.75 Å². The molecule has 3 rings (SSSR count). The van der Waals surface area contributed by atoms with E-state index in [1.165, 1.54) is 12.1 Å². The molecule has 0 bridgehead atoms. The van der Waals surface area contributed by atoms with Crippen molar-refractivity contribution in [3.63, 3.8) is 0 Å². The number of amides is 1. The van der Waals surface area contributed by atoms with E-state index in [-0.39, 0.29) is 29.8 Å². The smallest absolute Gasteiger partial charge is 0.257 e. The van der Waals surface area contributed by atoms with E-state index in [4.69, 9.17) is 11.6 Å². The largest absolute Gasteiger partial charge is 0.507 e. The number of nitrogens with zero attached hydrogens (tertiary/aromatic N) is 3. The molecule has 0 radical (unpaired) electrons. The van der Waals surface area contributed by atoms with Gasteiger partial charge >= 0.3 is 0 Å². The van der Waals surface area contributed by atoms with Crippen molar-refractivity contribution in [2.75, 3.05) is 46.3 Å². The van der Waals surface area contributed by atoms with Crippen LogP contribution in [0.1, 0.15) is 10.4 Å². The Morgan fingerprint density at radius 2 is 1.91 bits per heavy atom. The summed E-state index contributed by atoms with van der Waals surface area (Å²) in [6, 6.07) is 4.43. The van der Waals surface area contributed by atoms with Crippen LogP contribution in [0.2, 0.25) is 5.02 Å². The summed E-state index contributed by atoms with van der Waals surface area (Å²) in [5.41, 5.74) is 0.223. The minimum atomic E-state index is -0.559. The number of phenols is 1. The first-order valence-electron chi connectivity index (χ1n) is 7.84. The zero-order valence-electron chi connectivity index (χ0n) is 13.2. The first-order chi connectivity index (χ1) is 11.0. The monoisotopic (exact) mass is 339 g/mol. The van der Waals surface area contributed by atoms with Gasteiger partial charge in [-0.25, -0.2) is 0 Å². The number of rotatable bonds is 2. The molecule has 0 spiro atoms. The molecule has 0 aliphatic carbocycles. The van der Waals surface area contributed by atoms with Crippen LogP contribution < -0.4 is 0 Å². The van der Waals surface area contributed by atoms with Gasteiger partial charge in [0.1, 0.15) is 5.75 Å². The Bertz CT molecular complexity index is 590. The van der Waals surface area contributed by atoms with Gasteiger partial charge in [0.05, 0.1) is 17.7 Å². The second-order valence-electron chi connectivity index (χ2n) is 6.35. The number of halogens is 1. The Morgan fingerprint density at radius 1 is 1.22 bits per heavy atom. The number of phenolic OH excluding ortho intramolecular Hbond substituents is 1. The number of aromatic hydroxyl groups is 1. The lowest BCUT2D eigenvalue weighted by Gasteiger charge is -2.37. The average Bonchev–Trinajstić information content (AvgIpc) is 2.89. The molecule has 126 valence electrons. The number of piperazine rings is 1. The fourth-order valence-electron chi connectivity index (χ4n) is 3.30. The zero-order valence-corrected chi connectivity index (χ0v) is 13.9. The van der Waals surface area contributed by atoms with Crippen molar-refractivity contribution >= 4 is 17.5 Å². The maximum atomic E-state index is 12.6. The normalized spacial score (nSPS) is 26.7. The molecule has 2 N–H and O–H groups in total. The lowest BCUT2D eigenvalue weighted by Crippen LogP contribution is -2.52. The van der Waals surface area contributed by atoms with Crippen LogP contribution in [0.3, 0.4) is 0 Å². The highest BCUT2D eigenvalue weighted by atomic mass is 35.5. The summed E-state index contributed by atoms with van der Waals surface area (Å²) in [6.45, 7) is 4.49. The number of β-amino-alcohol motifs (C(OH)–C–C–N with tert-alkyl or cyclic N) is 1. The third-order valence-electron chi connectivity index (χ3n) is 4.74. The molecule has 2 aliphatic heterocycles. The molecule has 0 unspecified atom stereocenters. The highest BCUT2D eigenvalue weighted by Crippen LogP contribution is 2.26. The number of carbonyl (C=O) groups is 1. The fraction of sp³-hybridized carbons (Fsp3) is 0.562. The van der Waals surface area contributed by atoms with Crippen molar-refractivity contribution in [1.29, 1.82) is 0 Å². The number of aliphatic hydroxyl groups excluding tert-OH is 1. The molecule has 0 saturated carbocycles. The summed E-state index contributed by atoms with van der Waals surface area (Å²) in [7, 11) is 2.08. The van der Waals surface area contributed by atoms with Gasteiger partial charge in [0.25, 0.3) is 5.91 Å². The van der Waals surface area contributed by atoms with Gasteiger partial charge < -0.3 is 20.0 Å². The summed E-state index contributed by atoms with van der Waals surface area (Å²) in [4.78, 5) is 18.7. The summed E-state index contributed by atoms with van der Waals surface area (Å²) in [6.07, 6.45) is -0.559. The van der Waals surface area contributed by atoms with E-state index in [1.54, 1.807) is 11.0 Å². The van der Waals surface area contributed by atoms with Crippen molar-refractivity contribution in [2.45, 2.75) is 12.1 Å². The second-order valence-corrected chi connectivity index (χ2v) is 6.78. The van der Waals surface area contributed by atoms with E-state index in [9.17, 15) is 15.0 Å². The number of likely N-dealkylation sites (N-methyl/N-ethyl adjacent to an activating group) is 1. The predicted octanol–water partition coefficient (Wildman–Crippen LogP) is 0.478. The molecule has 1 amide bonds. The summed E-state index contributed by atoms with van der Waals surface area (Å²) in [5, 5.41) is 20.7. The molecular formula is C16H22ClN3O3. The summed E-state index contributed by atoms with van der Waals surface area (Å²) < 4.78 is 0. The van der Waals surface area contributed by atoms with Crippen molar-refractivity contribution in [3.05, 3.63) is 28.8 Å². The molecule has 2 atom stereocenters. The molecule has 2 heterocycles. The molecular weight excluding hydrogens is 318 g/mol. The van der Waals surface area contributed by atoms with E-state index < -0.39 is 6.10 Å². The van der Waals surface area contributed by atoms with Crippen LogP contribution in [-0.2, 0) is 0 Å². The minimum Gasteiger partial charge on any atom is -0.507 e. The highest BCUT2D eigenvalue weighted by Gasteiger charge is 2.39. The number of likely N-dealkylation sites (tertiary alicyclic amines) is 1. The quantitative estimate of drug-likeness (QED) is 0.820. The number of aliphatic hydroxyl groups is 1. The summed E-state index contributed by atoms with van der Waals surface area (Å²) in [5.74, 6) is -0.394. The van der Waals surface area contributed by atoms with E-state index in [0.29, 0.717) is 11.6 Å². The van der Waals surface area contributed by atoms with Gasteiger partial charge in [0, 0.05) is 44.3 Å². The molecule has 6 nitrogen and oxygen atoms in total. The SMILES string of the molecule is CN1CCN([C@@H]2CN(C(=O)c3ccc(Cl)cc3O)C[C@H]2O)CC1. The van der Waals surface area contributed by atoms with Crippen LogP contribution in [0.25, 0.3) is 0 Å². The van der Waals surface area contributed by atoms with Crippen molar-refractivity contribution in [3.8, 4) is 5.75 Å². The average molecular weight is 340 g/mol. The number of benzene rings is 1. The van der Waals surface area contributed by atoms with E-state index in [2.05, 4.69) is 16.8 Å². The molecule has 2 aliphatic rings. The first kappa shape index (κ1) is 16.5. The predicted molar refractivity (Wildman–Crippen MR) is 87.9 cm³/mol. The molecule has 23 heavy (non-hydrogen) atoms. The lowest BCUT2D eigenvalue weighted by atomic mass is 10.1. The van der Waals surface area contributed by atoms with Gasteiger partial charge in [-0.05, 0) is 25.2 Å². The van der Waals surface area contributed by atoms with Crippen LogP contribution in [0.15, 0.2) is 18.2 Å². The Hall–Kier alpha value is -1.34. The first-order valence-corrected chi connectivity index (χ1v) is 8.22. The third kappa shape index (κ3) is 3.45. The molecule has 1 aromatic carbocycles. The fourth-order valence-corrected chi connectivity index (χ4v) is 3.47. The Morgan fingerprint density at radius 3 is 2.57 bits per heavy atom. The lowest BCUT2D eigenvalue weighted by molar-refractivity contribution is 0.0512.